The number of amides is 2. The fourth-order valence-electron chi connectivity index (χ4n) is 5.93. The summed E-state index contributed by atoms with van der Waals surface area (Å²) in [6, 6.07) is 17.1. The molecule has 10 heteroatoms. The molecule has 3 aromatic rings. The van der Waals surface area contributed by atoms with Gasteiger partial charge in [0.25, 0.3) is 0 Å². The van der Waals surface area contributed by atoms with Gasteiger partial charge in [0.15, 0.2) is 0 Å². The molecule has 2 aliphatic rings. The van der Waals surface area contributed by atoms with Crippen LogP contribution in [0.4, 0.5) is 29.5 Å². The number of carbonyl (C=O) groups is 2. The third-order valence-electron chi connectivity index (χ3n) is 7.88. The van der Waals surface area contributed by atoms with Crippen molar-refractivity contribution in [3.63, 3.8) is 0 Å². The summed E-state index contributed by atoms with van der Waals surface area (Å²) >= 11 is 0. The van der Waals surface area contributed by atoms with Gasteiger partial charge < -0.3 is 19.4 Å². The van der Waals surface area contributed by atoms with E-state index >= 15 is 0 Å². The first-order chi connectivity index (χ1) is 19.5. The zero-order chi connectivity index (χ0) is 29.3. The Kier molecular flexibility index (Phi) is 7.93. The van der Waals surface area contributed by atoms with Gasteiger partial charge >= 0.3 is 12.3 Å². The lowest BCUT2D eigenvalue weighted by Crippen LogP contribution is -2.53. The van der Waals surface area contributed by atoms with Crippen molar-refractivity contribution in [1.82, 2.24) is 9.88 Å². The number of nitrogens with zero attached hydrogens (tertiary/aromatic N) is 4. The number of aromatic nitrogens is 1. The largest absolute Gasteiger partial charge is 0.445 e. The van der Waals surface area contributed by atoms with Crippen molar-refractivity contribution < 1.29 is 27.5 Å². The SMILES string of the molecule is Cc1cccc(N(C)C(=O)C2CC3C(CCCN3C(=O)OCc3ccccc3)N2c2cc(C(F)(F)F)cc(C)n2)c1. The second-order valence-corrected chi connectivity index (χ2v) is 10.8. The molecular weight excluding hydrogens is 533 g/mol. The molecule has 2 aromatic carbocycles. The van der Waals surface area contributed by atoms with E-state index in [0.717, 1.165) is 23.3 Å². The summed E-state index contributed by atoms with van der Waals surface area (Å²) in [5.74, 6) is -0.195. The average molecular weight is 567 g/mol. The molecule has 7 nitrogen and oxygen atoms in total. The molecule has 216 valence electrons. The smallest absolute Gasteiger partial charge is 0.416 e. The number of carbonyl (C=O) groups excluding carboxylic acids is 2. The molecule has 1 aromatic heterocycles. The minimum atomic E-state index is -4.57. The zero-order valence-electron chi connectivity index (χ0n) is 23.3. The number of alkyl halides is 3. The van der Waals surface area contributed by atoms with Crippen molar-refractivity contribution in [3.05, 3.63) is 89.1 Å². The summed E-state index contributed by atoms with van der Waals surface area (Å²) in [5.41, 5.74) is 1.88. The van der Waals surface area contributed by atoms with Crippen molar-refractivity contribution in [2.75, 3.05) is 23.4 Å². The Morgan fingerprint density at radius 3 is 2.49 bits per heavy atom. The molecule has 0 bridgehead atoms. The number of ether oxygens (including phenoxy) is 1. The number of anilines is 2. The Labute approximate surface area is 237 Å². The van der Waals surface area contributed by atoms with Gasteiger partial charge in [-0.05, 0) is 68.5 Å². The van der Waals surface area contributed by atoms with Gasteiger partial charge in [-0.1, -0.05) is 42.5 Å². The van der Waals surface area contributed by atoms with E-state index in [1.165, 1.54) is 11.8 Å². The monoisotopic (exact) mass is 566 g/mol. The zero-order valence-corrected chi connectivity index (χ0v) is 23.3. The quantitative estimate of drug-likeness (QED) is 0.372. The molecule has 0 spiro atoms. The van der Waals surface area contributed by atoms with Crippen LogP contribution in [-0.4, -0.2) is 53.6 Å². The van der Waals surface area contributed by atoms with Gasteiger partial charge in [0.1, 0.15) is 18.5 Å². The van der Waals surface area contributed by atoms with Crippen molar-refractivity contribution in [2.24, 2.45) is 0 Å². The van der Waals surface area contributed by atoms with Crippen molar-refractivity contribution in [3.8, 4) is 0 Å². The molecule has 2 saturated heterocycles. The number of benzene rings is 2. The Morgan fingerprint density at radius 1 is 1.02 bits per heavy atom. The van der Waals surface area contributed by atoms with E-state index in [-0.39, 0.29) is 30.4 Å². The van der Waals surface area contributed by atoms with Crippen LogP contribution < -0.4 is 9.80 Å². The molecule has 41 heavy (non-hydrogen) atoms. The number of pyridine rings is 1. The molecule has 3 heterocycles. The fraction of sp³-hybridized carbons (Fsp3) is 0.387. The highest BCUT2D eigenvalue weighted by atomic mass is 19.4. The Hall–Kier alpha value is -4.08. The van der Waals surface area contributed by atoms with E-state index in [0.29, 0.717) is 25.1 Å². The third kappa shape index (κ3) is 6.01. The van der Waals surface area contributed by atoms with Crippen LogP contribution in [0.5, 0.6) is 0 Å². The predicted molar refractivity (Wildman–Crippen MR) is 150 cm³/mol. The second-order valence-electron chi connectivity index (χ2n) is 10.8. The van der Waals surface area contributed by atoms with Crippen LogP contribution in [0.15, 0.2) is 66.7 Å². The van der Waals surface area contributed by atoms with Gasteiger partial charge in [0.2, 0.25) is 5.91 Å². The van der Waals surface area contributed by atoms with Gasteiger partial charge in [0, 0.05) is 25.0 Å². The Morgan fingerprint density at radius 2 is 1.78 bits per heavy atom. The number of likely N-dealkylation sites (N-methyl/N-ethyl adjacent to an activating group) is 1. The van der Waals surface area contributed by atoms with Crippen LogP contribution in [-0.2, 0) is 22.3 Å². The van der Waals surface area contributed by atoms with E-state index in [9.17, 15) is 22.8 Å². The molecule has 2 amide bonds. The van der Waals surface area contributed by atoms with E-state index < -0.39 is 36.0 Å². The van der Waals surface area contributed by atoms with Crippen LogP contribution in [0, 0.1) is 13.8 Å². The number of fused-ring (bicyclic) bond motifs is 1. The van der Waals surface area contributed by atoms with Crippen molar-refractivity contribution in [1.29, 1.82) is 0 Å². The molecule has 0 radical (unpaired) electrons. The molecule has 0 N–H and O–H groups in total. The number of halogens is 3. The number of hydrogen-bond donors (Lipinski definition) is 0. The molecule has 0 saturated carbocycles. The highest BCUT2D eigenvalue weighted by Gasteiger charge is 2.51. The minimum absolute atomic E-state index is 0.0836. The standard InChI is InChI=1S/C31H33F3N4O3/c1-20-9-7-12-24(15-20)36(3)29(39)27-18-26-25(38(27)28-17-23(31(32,33)34)16-21(2)35-28)13-8-14-37(26)30(40)41-19-22-10-5-4-6-11-22/h4-7,9-12,15-17,25-27H,8,13-14,18-19H2,1-3H3. The lowest BCUT2D eigenvalue weighted by atomic mass is 9.96. The molecular formula is C31H33F3N4O3. The molecule has 3 atom stereocenters. The maximum absolute atomic E-state index is 14.0. The maximum atomic E-state index is 14.0. The van der Waals surface area contributed by atoms with Gasteiger partial charge in [-0.25, -0.2) is 9.78 Å². The first kappa shape index (κ1) is 28.4. The second kappa shape index (κ2) is 11.4. The van der Waals surface area contributed by atoms with Gasteiger partial charge in [-0.15, -0.1) is 0 Å². The summed E-state index contributed by atoms with van der Waals surface area (Å²) in [5, 5.41) is 0. The minimum Gasteiger partial charge on any atom is -0.445 e. The average Bonchev–Trinajstić information content (AvgIpc) is 3.35. The van der Waals surface area contributed by atoms with Gasteiger partial charge in [-0.2, -0.15) is 13.2 Å². The first-order valence-electron chi connectivity index (χ1n) is 13.7. The van der Waals surface area contributed by atoms with Gasteiger partial charge in [0.05, 0.1) is 17.6 Å². The normalized spacial score (nSPS) is 20.5. The molecule has 3 unspecified atom stereocenters. The molecule has 2 fully saturated rings. The van der Waals surface area contributed by atoms with Crippen molar-refractivity contribution >= 4 is 23.5 Å². The maximum Gasteiger partial charge on any atom is 0.416 e. The summed E-state index contributed by atoms with van der Waals surface area (Å²) in [6.07, 6.45) is -3.61. The molecule has 2 aliphatic heterocycles. The van der Waals surface area contributed by atoms with E-state index in [1.54, 1.807) is 16.8 Å². The summed E-state index contributed by atoms with van der Waals surface area (Å²) in [6.45, 7) is 3.97. The molecule has 5 rings (SSSR count). The van der Waals surface area contributed by atoms with Crippen molar-refractivity contribution in [2.45, 2.75) is 64.0 Å². The third-order valence-corrected chi connectivity index (χ3v) is 7.88. The first-order valence-corrected chi connectivity index (χ1v) is 13.7. The molecule has 0 aliphatic carbocycles. The van der Waals surface area contributed by atoms with Crippen LogP contribution >= 0.6 is 0 Å². The number of rotatable bonds is 5. The highest BCUT2D eigenvalue weighted by molar-refractivity contribution is 5.99. The Balaban J connectivity index is 1.49. The van der Waals surface area contributed by atoms with Gasteiger partial charge in [-0.3, -0.25) is 4.79 Å². The topological polar surface area (TPSA) is 66.0 Å². The van der Waals surface area contributed by atoms with Crippen LogP contribution in [0.2, 0.25) is 0 Å². The van der Waals surface area contributed by atoms with Crippen LogP contribution in [0.3, 0.4) is 0 Å². The number of likely N-dealkylation sites (tertiary alicyclic amines) is 1. The van der Waals surface area contributed by atoms with E-state index in [1.807, 2.05) is 61.5 Å². The Bertz CT molecular complexity index is 1420. The summed E-state index contributed by atoms with van der Waals surface area (Å²) < 4.78 is 47.1. The van der Waals surface area contributed by atoms with E-state index in [4.69, 9.17) is 4.74 Å². The van der Waals surface area contributed by atoms with Crippen LogP contribution in [0.25, 0.3) is 0 Å². The summed E-state index contributed by atoms with van der Waals surface area (Å²) in [4.78, 5) is 36.7. The number of aryl methyl sites for hydroxylation is 2. The predicted octanol–water partition coefficient (Wildman–Crippen LogP) is 6.13. The lowest BCUT2D eigenvalue weighted by molar-refractivity contribution is -0.137. The van der Waals surface area contributed by atoms with Crippen LogP contribution in [0.1, 0.15) is 41.6 Å². The number of hydrogen-bond acceptors (Lipinski definition) is 5. The number of piperidine rings is 1. The fourth-order valence-corrected chi connectivity index (χ4v) is 5.93. The summed E-state index contributed by atoms with van der Waals surface area (Å²) in [7, 11) is 1.66. The van der Waals surface area contributed by atoms with E-state index in [2.05, 4.69) is 4.98 Å². The highest BCUT2D eigenvalue weighted by Crippen LogP contribution is 2.41. The lowest BCUT2D eigenvalue weighted by Gasteiger charge is -2.40.